The van der Waals surface area contributed by atoms with Gasteiger partial charge in [-0.2, -0.15) is 4.98 Å². The van der Waals surface area contributed by atoms with Crippen LogP contribution in [0.4, 0.5) is 0 Å². The molecule has 2 N–H and O–H groups in total. The van der Waals surface area contributed by atoms with Gasteiger partial charge in [0.25, 0.3) is 0 Å². The second-order valence-corrected chi connectivity index (χ2v) is 5.97. The highest BCUT2D eigenvalue weighted by Crippen LogP contribution is 2.23. The molecule has 0 aliphatic rings. The summed E-state index contributed by atoms with van der Waals surface area (Å²) < 4.78 is 5.20. The molecule has 0 fully saturated rings. The molecular weight excluding hydrogens is 258 g/mol. The van der Waals surface area contributed by atoms with Gasteiger partial charge in [0, 0.05) is 4.90 Å². The van der Waals surface area contributed by atoms with Gasteiger partial charge in [-0.15, -0.1) is 11.8 Å². The molecule has 2 aromatic rings. The van der Waals surface area contributed by atoms with Crippen molar-refractivity contribution in [2.24, 2.45) is 11.7 Å². The molecule has 2 rings (SSSR count). The van der Waals surface area contributed by atoms with E-state index in [-0.39, 0.29) is 12.0 Å². The average Bonchev–Trinajstić information content (AvgIpc) is 2.84. The molecule has 1 unspecified atom stereocenters. The number of nitrogens with two attached hydrogens (primary N) is 1. The lowest BCUT2D eigenvalue weighted by Gasteiger charge is -2.09. The Hall–Kier alpha value is -1.33. The minimum absolute atomic E-state index is 0.190. The monoisotopic (exact) mass is 277 g/mol. The number of aryl methyl sites for hydroxylation is 1. The van der Waals surface area contributed by atoms with Crippen molar-refractivity contribution in [3.05, 3.63) is 41.5 Å². The molecule has 0 saturated heterocycles. The lowest BCUT2D eigenvalue weighted by Crippen LogP contribution is -2.17. The number of thioether (sulfide) groups is 1. The summed E-state index contributed by atoms with van der Waals surface area (Å²) in [7, 11) is 0. The Balaban J connectivity index is 1.97. The van der Waals surface area contributed by atoms with Gasteiger partial charge >= 0.3 is 0 Å². The van der Waals surface area contributed by atoms with Crippen LogP contribution in [0.5, 0.6) is 0 Å². The molecule has 0 spiro atoms. The lowest BCUT2D eigenvalue weighted by atomic mass is 10.1. The van der Waals surface area contributed by atoms with Crippen LogP contribution in [-0.4, -0.2) is 10.1 Å². The molecule has 0 saturated carbocycles. The molecule has 1 heterocycles. The van der Waals surface area contributed by atoms with Crippen molar-refractivity contribution in [2.45, 2.75) is 37.5 Å². The van der Waals surface area contributed by atoms with Crippen LogP contribution in [0.2, 0.25) is 0 Å². The first-order chi connectivity index (χ1) is 9.06. The first-order valence-corrected chi connectivity index (χ1v) is 7.32. The van der Waals surface area contributed by atoms with Crippen molar-refractivity contribution >= 4 is 11.8 Å². The molecule has 102 valence electrons. The second kappa shape index (κ2) is 6.21. The minimum Gasteiger partial charge on any atom is -0.338 e. The molecule has 0 bridgehead atoms. The number of aromatic nitrogens is 2. The zero-order valence-electron chi connectivity index (χ0n) is 11.5. The van der Waals surface area contributed by atoms with Crippen molar-refractivity contribution in [1.82, 2.24) is 10.1 Å². The predicted molar refractivity (Wildman–Crippen MR) is 76.8 cm³/mol. The highest BCUT2D eigenvalue weighted by molar-refractivity contribution is 7.98. The first-order valence-electron chi connectivity index (χ1n) is 6.34. The third-order valence-electron chi connectivity index (χ3n) is 2.84. The van der Waals surface area contributed by atoms with E-state index >= 15 is 0 Å². The lowest BCUT2D eigenvalue weighted by molar-refractivity contribution is 0.323. The normalized spacial score (nSPS) is 12.9. The first kappa shape index (κ1) is 14.1. The van der Waals surface area contributed by atoms with Crippen molar-refractivity contribution in [1.29, 1.82) is 0 Å². The smallest absolute Gasteiger partial charge is 0.243 e. The molecule has 1 atom stereocenters. The maximum atomic E-state index is 5.98. The third kappa shape index (κ3) is 3.81. The Kier molecular flexibility index (Phi) is 4.61. The van der Waals surface area contributed by atoms with E-state index in [1.54, 1.807) is 11.8 Å². The molecule has 0 aliphatic carbocycles. The molecule has 1 aromatic heterocycles. The van der Waals surface area contributed by atoms with Gasteiger partial charge in [0.15, 0.2) is 5.82 Å². The zero-order chi connectivity index (χ0) is 13.8. The average molecular weight is 277 g/mol. The summed E-state index contributed by atoms with van der Waals surface area (Å²) in [6, 6.07) is 8.17. The van der Waals surface area contributed by atoms with E-state index in [4.69, 9.17) is 10.3 Å². The fourth-order valence-corrected chi connectivity index (χ4v) is 2.46. The van der Waals surface area contributed by atoms with Crippen LogP contribution < -0.4 is 5.73 Å². The van der Waals surface area contributed by atoms with E-state index in [0.29, 0.717) is 17.5 Å². The quantitative estimate of drug-likeness (QED) is 0.849. The molecule has 19 heavy (non-hydrogen) atoms. The largest absolute Gasteiger partial charge is 0.338 e. The molecule has 0 radical (unpaired) electrons. The molecule has 5 heteroatoms. The Morgan fingerprint density at radius 3 is 2.84 bits per heavy atom. The summed E-state index contributed by atoms with van der Waals surface area (Å²) in [6.45, 7) is 6.16. The summed E-state index contributed by atoms with van der Waals surface area (Å²) in [5.41, 5.74) is 7.23. The fourth-order valence-electron chi connectivity index (χ4n) is 1.60. The maximum Gasteiger partial charge on any atom is 0.243 e. The van der Waals surface area contributed by atoms with E-state index in [0.717, 1.165) is 0 Å². The zero-order valence-corrected chi connectivity index (χ0v) is 12.3. The van der Waals surface area contributed by atoms with E-state index in [2.05, 4.69) is 35.3 Å². The maximum absolute atomic E-state index is 5.98. The third-order valence-corrected chi connectivity index (χ3v) is 3.83. The fraction of sp³-hybridized carbons (Fsp3) is 0.429. The Labute approximate surface area is 117 Å². The number of nitrogens with zero attached hydrogens (tertiary/aromatic N) is 2. The number of benzene rings is 1. The predicted octanol–water partition coefficient (Wildman–Crippen LogP) is 3.33. The van der Waals surface area contributed by atoms with Crippen molar-refractivity contribution < 1.29 is 4.52 Å². The van der Waals surface area contributed by atoms with Crippen LogP contribution in [-0.2, 0) is 5.75 Å². The van der Waals surface area contributed by atoms with Crippen LogP contribution in [0.3, 0.4) is 0 Å². The van der Waals surface area contributed by atoms with Crippen molar-refractivity contribution in [3.63, 3.8) is 0 Å². The number of hydrogen-bond acceptors (Lipinski definition) is 5. The summed E-state index contributed by atoms with van der Waals surface area (Å²) in [5.74, 6) is 2.20. The van der Waals surface area contributed by atoms with E-state index in [9.17, 15) is 0 Å². The van der Waals surface area contributed by atoms with Crippen LogP contribution in [0.1, 0.15) is 37.2 Å². The Bertz CT molecular complexity index is 539. The minimum atomic E-state index is -0.190. The molecule has 0 amide bonds. The molecule has 4 nitrogen and oxygen atoms in total. The SMILES string of the molecule is Cc1cccc(SCc2noc(C(N)C(C)C)n2)c1. The van der Waals surface area contributed by atoms with Crippen LogP contribution >= 0.6 is 11.8 Å². The molecule has 1 aromatic carbocycles. The van der Waals surface area contributed by atoms with Gasteiger partial charge in [-0.05, 0) is 25.0 Å². The standard InChI is InChI=1S/C14H19N3OS/c1-9(2)13(15)14-16-12(17-18-14)8-19-11-6-4-5-10(3)7-11/h4-7,9,13H,8,15H2,1-3H3. The summed E-state index contributed by atoms with van der Waals surface area (Å²) in [5, 5.41) is 3.97. The highest BCUT2D eigenvalue weighted by atomic mass is 32.2. The van der Waals surface area contributed by atoms with E-state index < -0.39 is 0 Å². The number of rotatable bonds is 5. The van der Waals surface area contributed by atoms with Crippen molar-refractivity contribution in [2.75, 3.05) is 0 Å². The Morgan fingerprint density at radius 2 is 2.16 bits per heavy atom. The van der Waals surface area contributed by atoms with Gasteiger partial charge < -0.3 is 10.3 Å². The molecular formula is C14H19N3OS. The topological polar surface area (TPSA) is 64.9 Å². The summed E-state index contributed by atoms with van der Waals surface area (Å²) in [4.78, 5) is 5.55. The summed E-state index contributed by atoms with van der Waals surface area (Å²) in [6.07, 6.45) is 0. The second-order valence-electron chi connectivity index (χ2n) is 4.92. The Morgan fingerprint density at radius 1 is 1.37 bits per heavy atom. The van der Waals surface area contributed by atoms with Gasteiger partial charge in [-0.1, -0.05) is 36.7 Å². The molecule has 0 aliphatic heterocycles. The van der Waals surface area contributed by atoms with Gasteiger partial charge in [0.05, 0.1) is 11.8 Å². The van der Waals surface area contributed by atoms with Crippen molar-refractivity contribution in [3.8, 4) is 0 Å². The van der Waals surface area contributed by atoms with Crippen LogP contribution in [0.15, 0.2) is 33.7 Å². The van der Waals surface area contributed by atoms with Crippen LogP contribution in [0.25, 0.3) is 0 Å². The van der Waals surface area contributed by atoms with E-state index in [1.165, 1.54) is 10.5 Å². The van der Waals surface area contributed by atoms with Gasteiger partial charge in [-0.3, -0.25) is 0 Å². The summed E-state index contributed by atoms with van der Waals surface area (Å²) >= 11 is 1.70. The van der Waals surface area contributed by atoms with Gasteiger partial charge in [0.1, 0.15) is 0 Å². The highest BCUT2D eigenvalue weighted by Gasteiger charge is 2.17. The van der Waals surface area contributed by atoms with Gasteiger partial charge in [0.2, 0.25) is 5.89 Å². The van der Waals surface area contributed by atoms with Gasteiger partial charge in [-0.25, -0.2) is 0 Å². The van der Waals surface area contributed by atoms with E-state index in [1.807, 2.05) is 19.9 Å². The van der Waals surface area contributed by atoms with Crippen LogP contribution in [0, 0.1) is 12.8 Å². The number of hydrogen-bond donors (Lipinski definition) is 1.